The van der Waals surface area contributed by atoms with Crippen molar-refractivity contribution in [1.82, 2.24) is 0 Å². The first kappa shape index (κ1) is 22.2. The third-order valence-electron chi connectivity index (χ3n) is 5.60. The molecule has 0 atom stereocenters. The molecular formula is C26H34O4. The zero-order valence-electron chi connectivity index (χ0n) is 18.1. The standard InChI is InChI=1S/C26H34O4/c1-2-3-4-8-19-28-23-13-11-22(12-14-23)26(27)30-25-17-15-24(16-18-25)29-20-21-9-6-5-7-10-21/h11-18,21H,2-10,19-20H2,1H3. The summed E-state index contributed by atoms with van der Waals surface area (Å²) >= 11 is 0. The fourth-order valence-corrected chi connectivity index (χ4v) is 3.74. The fraction of sp³-hybridized carbons (Fsp3) is 0.500. The molecule has 1 fully saturated rings. The number of unbranched alkanes of at least 4 members (excludes halogenated alkanes) is 3. The van der Waals surface area contributed by atoms with E-state index in [9.17, 15) is 4.79 Å². The van der Waals surface area contributed by atoms with Crippen molar-refractivity contribution in [1.29, 1.82) is 0 Å². The normalized spacial score (nSPS) is 14.3. The fourth-order valence-electron chi connectivity index (χ4n) is 3.74. The summed E-state index contributed by atoms with van der Waals surface area (Å²) in [5, 5.41) is 0. The van der Waals surface area contributed by atoms with Crippen molar-refractivity contribution >= 4 is 5.97 Å². The van der Waals surface area contributed by atoms with Gasteiger partial charge in [-0.05, 0) is 73.7 Å². The minimum Gasteiger partial charge on any atom is -0.494 e. The summed E-state index contributed by atoms with van der Waals surface area (Å²) in [5.41, 5.74) is 0.506. The lowest BCUT2D eigenvalue weighted by atomic mass is 9.90. The van der Waals surface area contributed by atoms with Crippen LogP contribution in [0, 0.1) is 5.92 Å². The molecule has 0 N–H and O–H groups in total. The first-order chi connectivity index (χ1) is 14.7. The Kier molecular flexibility index (Phi) is 9.07. The van der Waals surface area contributed by atoms with Gasteiger partial charge in [-0.3, -0.25) is 0 Å². The molecular weight excluding hydrogens is 376 g/mol. The second-order valence-electron chi connectivity index (χ2n) is 8.11. The maximum Gasteiger partial charge on any atom is 0.343 e. The van der Waals surface area contributed by atoms with E-state index in [1.807, 2.05) is 24.3 Å². The number of carbonyl (C=O) groups is 1. The van der Waals surface area contributed by atoms with Gasteiger partial charge in [-0.1, -0.05) is 45.4 Å². The van der Waals surface area contributed by atoms with Gasteiger partial charge in [0.1, 0.15) is 17.2 Å². The highest BCUT2D eigenvalue weighted by Crippen LogP contribution is 2.25. The maximum atomic E-state index is 12.4. The lowest BCUT2D eigenvalue weighted by Gasteiger charge is -2.21. The van der Waals surface area contributed by atoms with Crippen LogP contribution in [-0.4, -0.2) is 19.2 Å². The monoisotopic (exact) mass is 410 g/mol. The van der Waals surface area contributed by atoms with Crippen LogP contribution in [0.25, 0.3) is 0 Å². The summed E-state index contributed by atoms with van der Waals surface area (Å²) in [6, 6.07) is 14.4. The van der Waals surface area contributed by atoms with E-state index < -0.39 is 0 Å². The van der Waals surface area contributed by atoms with Gasteiger partial charge in [0.25, 0.3) is 0 Å². The van der Waals surface area contributed by atoms with Crippen LogP contribution in [0.15, 0.2) is 48.5 Å². The lowest BCUT2D eigenvalue weighted by molar-refractivity contribution is 0.0734. The highest BCUT2D eigenvalue weighted by Gasteiger charge is 2.14. The molecule has 0 unspecified atom stereocenters. The molecule has 0 bridgehead atoms. The molecule has 2 aromatic carbocycles. The topological polar surface area (TPSA) is 44.8 Å². The Morgan fingerprint density at radius 3 is 2.13 bits per heavy atom. The molecule has 30 heavy (non-hydrogen) atoms. The second-order valence-corrected chi connectivity index (χ2v) is 8.11. The molecule has 0 aromatic heterocycles. The van der Waals surface area contributed by atoms with Gasteiger partial charge in [-0.15, -0.1) is 0 Å². The van der Waals surface area contributed by atoms with Gasteiger partial charge in [0.2, 0.25) is 0 Å². The Morgan fingerprint density at radius 1 is 0.800 bits per heavy atom. The van der Waals surface area contributed by atoms with Crippen LogP contribution < -0.4 is 14.2 Å². The highest BCUT2D eigenvalue weighted by atomic mass is 16.5. The molecule has 4 nitrogen and oxygen atoms in total. The summed E-state index contributed by atoms with van der Waals surface area (Å²) in [5.74, 6) is 2.41. The summed E-state index contributed by atoms with van der Waals surface area (Å²) < 4.78 is 17.1. The molecule has 1 aliphatic carbocycles. The van der Waals surface area contributed by atoms with Crippen LogP contribution in [0.1, 0.15) is 75.1 Å². The van der Waals surface area contributed by atoms with E-state index in [0.29, 0.717) is 23.8 Å². The summed E-state index contributed by atoms with van der Waals surface area (Å²) in [6.45, 7) is 3.67. The van der Waals surface area contributed by atoms with Crippen molar-refractivity contribution in [3.63, 3.8) is 0 Å². The zero-order chi connectivity index (χ0) is 21.0. The number of hydrogen-bond acceptors (Lipinski definition) is 4. The molecule has 4 heteroatoms. The van der Waals surface area contributed by atoms with Crippen LogP contribution in [0.4, 0.5) is 0 Å². The zero-order valence-corrected chi connectivity index (χ0v) is 18.1. The average molecular weight is 411 g/mol. The van der Waals surface area contributed by atoms with Crippen molar-refractivity contribution in [2.45, 2.75) is 64.7 Å². The Labute approximate surface area is 180 Å². The van der Waals surface area contributed by atoms with Crippen molar-refractivity contribution in [2.24, 2.45) is 5.92 Å². The average Bonchev–Trinajstić information content (AvgIpc) is 2.79. The lowest BCUT2D eigenvalue weighted by Crippen LogP contribution is -2.15. The largest absolute Gasteiger partial charge is 0.494 e. The predicted molar refractivity (Wildman–Crippen MR) is 120 cm³/mol. The first-order valence-corrected chi connectivity index (χ1v) is 11.4. The van der Waals surface area contributed by atoms with E-state index in [-0.39, 0.29) is 5.97 Å². The van der Waals surface area contributed by atoms with Gasteiger partial charge >= 0.3 is 5.97 Å². The summed E-state index contributed by atoms with van der Waals surface area (Å²) in [7, 11) is 0. The Morgan fingerprint density at radius 2 is 1.43 bits per heavy atom. The molecule has 0 aliphatic heterocycles. The van der Waals surface area contributed by atoms with Crippen molar-refractivity contribution in [3.8, 4) is 17.2 Å². The van der Waals surface area contributed by atoms with E-state index >= 15 is 0 Å². The Hall–Kier alpha value is -2.49. The maximum absolute atomic E-state index is 12.4. The van der Waals surface area contributed by atoms with Crippen LogP contribution in [0.2, 0.25) is 0 Å². The molecule has 1 saturated carbocycles. The highest BCUT2D eigenvalue weighted by molar-refractivity contribution is 5.91. The number of rotatable bonds is 11. The molecule has 0 radical (unpaired) electrons. The molecule has 3 rings (SSSR count). The minimum absolute atomic E-state index is 0.375. The number of hydrogen-bond donors (Lipinski definition) is 0. The SMILES string of the molecule is CCCCCCOc1ccc(C(=O)Oc2ccc(OCC3CCCCC3)cc2)cc1. The van der Waals surface area contributed by atoms with Gasteiger partial charge in [0, 0.05) is 0 Å². The van der Waals surface area contributed by atoms with Crippen LogP contribution in [-0.2, 0) is 0 Å². The van der Waals surface area contributed by atoms with E-state index in [0.717, 1.165) is 24.5 Å². The van der Waals surface area contributed by atoms with Crippen LogP contribution in [0.5, 0.6) is 17.2 Å². The third kappa shape index (κ3) is 7.40. The van der Waals surface area contributed by atoms with E-state index in [2.05, 4.69) is 6.92 Å². The van der Waals surface area contributed by atoms with Gasteiger partial charge in [-0.25, -0.2) is 4.79 Å². The molecule has 0 saturated heterocycles. The van der Waals surface area contributed by atoms with Gasteiger partial charge in [0.15, 0.2) is 0 Å². The van der Waals surface area contributed by atoms with Crippen molar-refractivity contribution in [3.05, 3.63) is 54.1 Å². The predicted octanol–water partition coefficient (Wildman–Crippen LogP) is 6.82. The number of esters is 1. The Bertz CT molecular complexity index is 746. The summed E-state index contributed by atoms with van der Waals surface area (Å²) in [6.07, 6.45) is 11.2. The molecule has 0 amide bonds. The number of benzene rings is 2. The minimum atomic E-state index is -0.375. The van der Waals surface area contributed by atoms with E-state index in [4.69, 9.17) is 14.2 Å². The molecule has 0 heterocycles. The number of carbonyl (C=O) groups excluding carboxylic acids is 1. The third-order valence-corrected chi connectivity index (χ3v) is 5.60. The van der Waals surface area contributed by atoms with Gasteiger partial charge < -0.3 is 14.2 Å². The second kappa shape index (κ2) is 12.3. The molecule has 1 aliphatic rings. The molecule has 162 valence electrons. The van der Waals surface area contributed by atoms with Crippen molar-refractivity contribution < 1.29 is 19.0 Å². The quantitative estimate of drug-likeness (QED) is 0.231. The Balaban J connectivity index is 1.42. The van der Waals surface area contributed by atoms with E-state index in [1.165, 1.54) is 51.4 Å². The van der Waals surface area contributed by atoms with E-state index in [1.54, 1.807) is 24.3 Å². The van der Waals surface area contributed by atoms with Crippen LogP contribution in [0.3, 0.4) is 0 Å². The molecule has 0 spiro atoms. The number of ether oxygens (including phenoxy) is 3. The molecule has 2 aromatic rings. The smallest absolute Gasteiger partial charge is 0.343 e. The van der Waals surface area contributed by atoms with Gasteiger partial charge in [0.05, 0.1) is 18.8 Å². The summed E-state index contributed by atoms with van der Waals surface area (Å²) in [4.78, 5) is 12.4. The van der Waals surface area contributed by atoms with Crippen molar-refractivity contribution in [2.75, 3.05) is 13.2 Å². The first-order valence-electron chi connectivity index (χ1n) is 11.4. The van der Waals surface area contributed by atoms with Crippen LogP contribution >= 0.6 is 0 Å². The van der Waals surface area contributed by atoms with Gasteiger partial charge in [-0.2, -0.15) is 0 Å².